The molecular formula is C11H24O. The van der Waals surface area contributed by atoms with Gasteiger partial charge in [0.05, 0.1) is 0 Å². The van der Waals surface area contributed by atoms with Gasteiger partial charge in [-0.1, -0.05) is 27.7 Å². The van der Waals surface area contributed by atoms with Gasteiger partial charge in [-0.15, -0.1) is 0 Å². The summed E-state index contributed by atoms with van der Waals surface area (Å²) in [5.74, 6) is 2.32. The lowest BCUT2D eigenvalue weighted by molar-refractivity contribution is 0.222. The van der Waals surface area contributed by atoms with Crippen molar-refractivity contribution in [2.24, 2.45) is 17.8 Å². The van der Waals surface area contributed by atoms with E-state index in [-0.39, 0.29) is 0 Å². The van der Waals surface area contributed by atoms with Gasteiger partial charge in [0.15, 0.2) is 0 Å². The molecule has 1 aliphatic rings. The largest absolute Gasteiger partial charge is 0.396 e. The molecule has 1 N–H and O–H groups in total. The Morgan fingerprint density at radius 2 is 1.83 bits per heavy atom. The second kappa shape index (κ2) is 6.47. The lowest BCUT2D eigenvalue weighted by Crippen LogP contribution is -2.05. The molecule has 0 aromatic rings. The van der Waals surface area contributed by atoms with E-state index >= 15 is 0 Å². The Morgan fingerprint density at radius 1 is 1.25 bits per heavy atom. The SMILES string of the molecule is CC.CC(C)C1CCC(CO)C1. The van der Waals surface area contributed by atoms with Crippen molar-refractivity contribution < 1.29 is 5.11 Å². The molecule has 1 nitrogen and oxygen atoms in total. The van der Waals surface area contributed by atoms with Gasteiger partial charge >= 0.3 is 0 Å². The zero-order chi connectivity index (χ0) is 9.56. The van der Waals surface area contributed by atoms with Crippen molar-refractivity contribution in [2.45, 2.75) is 47.0 Å². The minimum absolute atomic E-state index is 0.406. The van der Waals surface area contributed by atoms with Crippen molar-refractivity contribution in [1.29, 1.82) is 0 Å². The Kier molecular flexibility index (Phi) is 6.45. The van der Waals surface area contributed by atoms with Gasteiger partial charge in [0.2, 0.25) is 0 Å². The zero-order valence-corrected chi connectivity index (χ0v) is 9.01. The molecule has 74 valence electrons. The highest BCUT2D eigenvalue weighted by Crippen LogP contribution is 2.34. The Bertz CT molecular complexity index is 99.2. The van der Waals surface area contributed by atoms with Crippen LogP contribution in [-0.4, -0.2) is 11.7 Å². The van der Waals surface area contributed by atoms with Crippen LogP contribution in [0, 0.1) is 17.8 Å². The van der Waals surface area contributed by atoms with Crippen molar-refractivity contribution >= 4 is 0 Å². The molecule has 2 unspecified atom stereocenters. The van der Waals surface area contributed by atoms with Crippen molar-refractivity contribution in [1.82, 2.24) is 0 Å². The molecule has 0 aromatic carbocycles. The Labute approximate surface area is 77.2 Å². The number of aliphatic hydroxyl groups is 1. The summed E-state index contributed by atoms with van der Waals surface area (Å²) in [4.78, 5) is 0. The van der Waals surface area contributed by atoms with Crippen molar-refractivity contribution in [3.8, 4) is 0 Å². The smallest absolute Gasteiger partial charge is 0.0459 e. The molecule has 2 atom stereocenters. The molecule has 1 heteroatoms. The van der Waals surface area contributed by atoms with Gasteiger partial charge in [-0.2, -0.15) is 0 Å². The predicted octanol–water partition coefficient (Wildman–Crippen LogP) is 3.08. The third-order valence-electron chi connectivity index (χ3n) is 2.78. The van der Waals surface area contributed by atoms with Gasteiger partial charge in [-0.05, 0) is 37.0 Å². The third kappa shape index (κ3) is 3.57. The highest BCUT2D eigenvalue weighted by atomic mass is 16.3. The van der Waals surface area contributed by atoms with Gasteiger partial charge in [0, 0.05) is 6.61 Å². The van der Waals surface area contributed by atoms with E-state index in [4.69, 9.17) is 5.11 Å². The van der Waals surface area contributed by atoms with Crippen LogP contribution in [0.1, 0.15) is 47.0 Å². The second-order valence-corrected chi connectivity index (χ2v) is 3.87. The van der Waals surface area contributed by atoms with Crippen molar-refractivity contribution in [3.05, 3.63) is 0 Å². The number of hydrogen-bond donors (Lipinski definition) is 1. The molecule has 0 aromatic heterocycles. The van der Waals surface area contributed by atoms with Crippen LogP contribution in [0.15, 0.2) is 0 Å². The maximum atomic E-state index is 8.87. The van der Waals surface area contributed by atoms with E-state index in [1.54, 1.807) is 0 Å². The van der Waals surface area contributed by atoms with Crippen LogP contribution in [0.2, 0.25) is 0 Å². The first-order chi connectivity index (χ1) is 5.74. The summed E-state index contributed by atoms with van der Waals surface area (Å²) in [6, 6.07) is 0. The van der Waals surface area contributed by atoms with E-state index in [0.717, 1.165) is 11.8 Å². The summed E-state index contributed by atoms with van der Waals surface area (Å²) < 4.78 is 0. The Balaban J connectivity index is 0.000000561. The summed E-state index contributed by atoms with van der Waals surface area (Å²) in [6.45, 7) is 8.97. The maximum Gasteiger partial charge on any atom is 0.0459 e. The molecule has 0 heterocycles. The third-order valence-corrected chi connectivity index (χ3v) is 2.78. The van der Waals surface area contributed by atoms with Crippen LogP contribution in [0.3, 0.4) is 0 Å². The van der Waals surface area contributed by atoms with Gasteiger partial charge in [-0.3, -0.25) is 0 Å². The van der Waals surface area contributed by atoms with Gasteiger partial charge in [0.25, 0.3) is 0 Å². The highest BCUT2D eigenvalue weighted by Gasteiger charge is 2.25. The average molecular weight is 172 g/mol. The van der Waals surface area contributed by atoms with E-state index in [0.29, 0.717) is 12.5 Å². The fourth-order valence-corrected chi connectivity index (χ4v) is 1.88. The van der Waals surface area contributed by atoms with E-state index < -0.39 is 0 Å². The highest BCUT2D eigenvalue weighted by molar-refractivity contribution is 4.76. The number of rotatable bonds is 2. The molecule has 0 amide bonds. The fourth-order valence-electron chi connectivity index (χ4n) is 1.88. The van der Waals surface area contributed by atoms with Crippen LogP contribution in [0.5, 0.6) is 0 Å². The molecule has 1 rings (SSSR count). The molecule has 0 radical (unpaired) electrons. The molecular weight excluding hydrogens is 148 g/mol. The van der Waals surface area contributed by atoms with Crippen LogP contribution < -0.4 is 0 Å². The Hall–Kier alpha value is -0.0400. The monoisotopic (exact) mass is 172 g/mol. The first kappa shape index (κ1) is 12.0. The fraction of sp³-hybridized carbons (Fsp3) is 1.00. The van der Waals surface area contributed by atoms with Gasteiger partial charge < -0.3 is 5.11 Å². The first-order valence-corrected chi connectivity index (χ1v) is 5.35. The first-order valence-electron chi connectivity index (χ1n) is 5.35. The number of aliphatic hydroxyl groups excluding tert-OH is 1. The normalized spacial score (nSPS) is 28.5. The minimum atomic E-state index is 0.406. The molecule has 0 aliphatic heterocycles. The molecule has 0 bridgehead atoms. The molecule has 12 heavy (non-hydrogen) atoms. The van der Waals surface area contributed by atoms with Gasteiger partial charge in [0.1, 0.15) is 0 Å². The van der Waals surface area contributed by atoms with E-state index in [1.807, 2.05) is 13.8 Å². The van der Waals surface area contributed by atoms with Crippen molar-refractivity contribution in [2.75, 3.05) is 6.61 Å². The van der Waals surface area contributed by atoms with E-state index in [2.05, 4.69) is 13.8 Å². The average Bonchev–Trinajstić information content (AvgIpc) is 2.55. The van der Waals surface area contributed by atoms with Gasteiger partial charge in [-0.25, -0.2) is 0 Å². The summed E-state index contributed by atoms with van der Waals surface area (Å²) in [6.07, 6.45) is 3.84. The number of hydrogen-bond acceptors (Lipinski definition) is 1. The lowest BCUT2D eigenvalue weighted by Gasteiger charge is -2.13. The van der Waals surface area contributed by atoms with Crippen LogP contribution in [-0.2, 0) is 0 Å². The van der Waals surface area contributed by atoms with E-state index in [9.17, 15) is 0 Å². The topological polar surface area (TPSA) is 20.2 Å². The van der Waals surface area contributed by atoms with Crippen LogP contribution in [0.25, 0.3) is 0 Å². The molecule has 1 saturated carbocycles. The summed E-state index contributed by atoms with van der Waals surface area (Å²) in [5.41, 5.74) is 0. The van der Waals surface area contributed by atoms with Crippen LogP contribution in [0.4, 0.5) is 0 Å². The minimum Gasteiger partial charge on any atom is -0.396 e. The predicted molar refractivity (Wildman–Crippen MR) is 54.1 cm³/mol. The zero-order valence-electron chi connectivity index (χ0n) is 9.01. The quantitative estimate of drug-likeness (QED) is 0.678. The lowest BCUT2D eigenvalue weighted by atomic mass is 9.93. The molecule has 1 fully saturated rings. The standard InChI is InChI=1S/C9H18O.C2H6/c1-7(2)9-4-3-8(5-9)6-10;1-2/h7-10H,3-6H2,1-2H3;1-2H3. The second-order valence-electron chi connectivity index (χ2n) is 3.87. The maximum absolute atomic E-state index is 8.87. The molecule has 1 aliphatic carbocycles. The van der Waals surface area contributed by atoms with Crippen LogP contribution >= 0.6 is 0 Å². The van der Waals surface area contributed by atoms with E-state index in [1.165, 1.54) is 19.3 Å². The summed E-state index contributed by atoms with van der Waals surface area (Å²) in [5, 5.41) is 8.87. The summed E-state index contributed by atoms with van der Waals surface area (Å²) in [7, 11) is 0. The van der Waals surface area contributed by atoms with Crippen molar-refractivity contribution in [3.63, 3.8) is 0 Å². The molecule has 0 spiro atoms. The Morgan fingerprint density at radius 3 is 2.08 bits per heavy atom. The summed E-state index contributed by atoms with van der Waals surface area (Å²) >= 11 is 0. The molecule has 0 saturated heterocycles.